The Hall–Kier alpha value is -1.11. The van der Waals surface area contributed by atoms with Gasteiger partial charge in [0, 0.05) is 12.0 Å². The number of hydrogen-bond donors (Lipinski definition) is 0. The van der Waals surface area contributed by atoms with Crippen molar-refractivity contribution in [1.82, 2.24) is 0 Å². The van der Waals surface area contributed by atoms with Crippen molar-refractivity contribution in [2.24, 2.45) is 0 Å². The lowest BCUT2D eigenvalue weighted by atomic mass is 9.88. The van der Waals surface area contributed by atoms with Gasteiger partial charge in [-0.25, -0.2) is 0 Å². The minimum absolute atomic E-state index is 0.281. The van der Waals surface area contributed by atoms with E-state index in [0.717, 1.165) is 12.0 Å². The molecule has 0 unspecified atom stereocenters. The third kappa shape index (κ3) is 2.29. The quantitative estimate of drug-likeness (QED) is 0.684. The van der Waals surface area contributed by atoms with Crippen molar-refractivity contribution in [1.29, 1.82) is 0 Å². The Morgan fingerprint density at radius 1 is 1.29 bits per heavy atom. The summed E-state index contributed by atoms with van der Waals surface area (Å²) >= 11 is 0. The van der Waals surface area contributed by atoms with Crippen LogP contribution in [0.1, 0.15) is 67.4 Å². The summed E-state index contributed by atoms with van der Waals surface area (Å²) in [5, 5.41) is 0. The van der Waals surface area contributed by atoms with Gasteiger partial charge < -0.3 is 0 Å². The molecule has 0 aliphatic heterocycles. The van der Waals surface area contributed by atoms with E-state index >= 15 is 0 Å². The van der Waals surface area contributed by atoms with Gasteiger partial charge in [-0.15, -0.1) is 0 Å². The molecule has 1 saturated carbocycles. The third-order valence-corrected chi connectivity index (χ3v) is 4.13. The number of hydrogen-bond acceptors (Lipinski definition) is 1. The van der Waals surface area contributed by atoms with Crippen LogP contribution in [-0.4, -0.2) is 5.78 Å². The lowest BCUT2D eigenvalue weighted by Gasteiger charge is -2.16. The Labute approximate surface area is 104 Å². The van der Waals surface area contributed by atoms with Crippen LogP contribution in [-0.2, 0) is 5.41 Å². The summed E-state index contributed by atoms with van der Waals surface area (Å²) in [7, 11) is 0. The molecule has 0 heterocycles. The zero-order valence-electron chi connectivity index (χ0n) is 11.2. The summed E-state index contributed by atoms with van der Waals surface area (Å²) in [6, 6.07) is 6.30. The second kappa shape index (κ2) is 4.64. The fourth-order valence-corrected chi connectivity index (χ4v) is 2.77. The molecule has 2 rings (SSSR count). The average Bonchev–Trinajstić information content (AvgIpc) is 3.10. The number of carbonyl (C=O) groups is 1. The minimum Gasteiger partial charge on any atom is -0.294 e. The van der Waals surface area contributed by atoms with Gasteiger partial charge >= 0.3 is 0 Å². The second-order valence-corrected chi connectivity index (χ2v) is 5.34. The van der Waals surface area contributed by atoms with E-state index in [1.807, 2.05) is 6.07 Å². The molecule has 17 heavy (non-hydrogen) atoms. The molecule has 1 nitrogen and oxygen atoms in total. The maximum Gasteiger partial charge on any atom is 0.162 e. The van der Waals surface area contributed by atoms with Crippen molar-refractivity contribution in [3.8, 4) is 0 Å². The van der Waals surface area contributed by atoms with Crippen LogP contribution < -0.4 is 0 Å². The lowest BCUT2D eigenvalue weighted by molar-refractivity contribution is 0.0981. The summed E-state index contributed by atoms with van der Waals surface area (Å²) < 4.78 is 0. The SMILES string of the molecule is CCCC(=O)c1ccc(C2(CC)CC2)c(C)c1. The van der Waals surface area contributed by atoms with Crippen LogP contribution in [0.4, 0.5) is 0 Å². The summed E-state index contributed by atoms with van der Waals surface area (Å²) in [5.74, 6) is 0.281. The van der Waals surface area contributed by atoms with E-state index in [9.17, 15) is 4.79 Å². The molecule has 0 atom stereocenters. The summed E-state index contributed by atoms with van der Waals surface area (Å²) in [4.78, 5) is 11.8. The predicted molar refractivity (Wildman–Crippen MR) is 71.6 cm³/mol. The zero-order valence-corrected chi connectivity index (χ0v) is 11.2. The second-order valence-electron chi connectivity index (χ2n) is 5.34. The van der Waals surface area contributed by atoms with Crippen LogP contribution in [0.5, 0.6) is 0 Å². The van der Waals surface area contributed by atoms with Crippen molar-refractivity contribution in [2.75, 3.05) is 0 Å². The molecule has 92 valence electrons. The van der Waals surface area contributed by atoms with Crippen LogP contribution in [0.25, 0.3) is 0 Å². The Morgan fingerprint density at radius 3 is 2.47 bits per heavy atom. The maximum absolute atomic E-state index is 11.8. The standard InChI is InChI=1S/C16H22O/c1-4-6-15(17)13-7-8-14(12(3)11-13)16(5-2)9-10-16/h7-8,11H,4-6,9-10H2,1-3H3. The normalized spacial score (nSPS) is 16.9. The minimum atomic E-state index is 0.281. The van der Waals surface area contributed by atoms with Gasteiger partial charge in [0.1, 0.15) is 0 Å². The molecule has 0 bridgehead atoms. The maximum atomic E-state index is 11.8. The molecule has 0 N–H and O–H groups in total. The first-order valence-corrected chi connectivity index (χ1v) is 6.77. The van der Waals surface area contributed by atoms with Crippen molar-refractivity contribution < 1.29 is 4.79 Å². The van der Waals surface area contributed by atoms with Crippen molar-refractivity contribution in [3.63, 3.8) is 0 Å². The molecule has 1 fully saturated rings. The molecule has 0 aromatic heterocycles. The molecule has 0 radical (unpaired) electrons. The van der Waals surface area contributed by atoms with Crippen LogP contribution in [0.15, 0.2) is 18.2 Å². The lowest BCUT2D eigenvalue weighted by Crippen LogP contribution is -2.08. The van der Waals surface area contributed by atoms with Gasteiger partial charge in [-0.1, -0.05) is 26.0 Å². The first-order chi connectivity index (χ1) is 8.13. The Kier molecular flexibility index (Phi) is 3.37. The molecule has 1 heteroatoms. The van der Waals surface area contributed by atoms with Crippen molar-refractivity contribution in [2.45, 2.75) is 58.3 Å². The predicted octanol–water partition coefficient (Wildman–Crippen LogP) is 4.42. The Bertz CT molecular complexity index is 427. The van der Waals surface area contributed by atoms with Crippen molar-refractivity contribution >= 4 is 5.78 Å². The number of ketones is 1. The highest BCUT2D eigenvalue weighted by Crippen LogP contribution is 2.51. The monoisotopic (exact) mass is 230 g/mol. The van der Waals surface area contributed by atoms with E-state index < -0.39 is 0 Å². The van der Waals surface area contributed by atoms with E-state index in [1.54, 1.807) is 0 Å². The van der Waals surface area contributed by atoms with Crippen LogP contribution >= 0.6 is 0 Å². The highest BCUT2D eigenvalue weighted by Gasteiger charge is 2.43. The third-order valence-electron chi connectivity index (χ3n) is 4.13. The summed E-state index contributed by atoms with van der Waals surface area (Å²) in [6.45, 7) is 6.46. The van der Waals surface area contributed by atoms with Gasteiger partial charge in [-0.3, -0.25) is 4.79 Å². The fourth-order valence-electron chi connectivity index (χ4n) is 2.77. The first kappa shape index (κ1) is 12.3. The van der Waals surface area contributed by atoms with Gasteiger partial charge in [0.15, 0.2) is 5.78 Å². The Balaban J connectivity index is 2.26. The number of Topliss-reactive ketones (excluding diaryl/α,β-unsaturated/α-hetero) is 1. The molecule has 0 spiro atoms. The number of rotatable bonds is 5. The van der Waals surface area contributed by atoms with E-state index in [-0.39, 0.29) is 5.78 Å². The molecule has 0 amide bonds. The number of aryl methyl sites for hydroxylation is 1. The highest BCUT2D eigenvalue weighted by atomic mass is 16.1. The van der Waals surface area contributed by atoms with Gasteiger partial charge in [0.05, 0.1) is 0 Å². The average molecular weight is 230 g/mol. The molecular formula is C16H22O. The molecule has 1 aromatic rings. The van der Waals surface area contributed by atoms with E-state index in [4.69, 9.17) is 0 Å². The van der Waals surface area contributed by atoms with Crippen LogP contribution in [0.2, 0.25) is 0 Å². The van der Waals surface area contributed by atoms with Crippen LogP contribution in [0, 0.1) is 6.92 Å². The first-order valence-electron chi connectivity index (χ1n) is 6.77. The molecule has 1 aliphatic carbocycles. The highest BCUT2D eigenvalue weighted by molar-refractivity contribution is 5.96. The van der Waals surface area contributed by atoms with Crippen LogP contribution in [0.3, 0.4) is 0 Å². The summed E-state index contributed by atoms with van der Waals surface area (Å²) in [6.07, 6.45) is 5.44. The molecular weight excluding hydrogens is 208 g/mol. The molecule has 1 aromatic carbocycles. The Morgan fingerprint density at radius 2 is 2.00 bits per heavy atom. The van der Waals surface area contributed by atoms with Gasteiger partial charge in [0.25, 0.3) is 0 Å². The van der Waals surface area contributed by atoms with Gasteiger partial charge in [-0.2, -0.15) is 0 Å². The largest absolute Gasteiger partial charge is 0.294 e. The topological polar surface area (TPSA) is 17.1 Å². The van der Waals surface area contributed by atoms with E-state index in [2.05, 4.69) is 32.9 Å². The van der Waals surface area contributed by atoms with Gasteiger partial charge in [-0.05, 0) is 55.2 Å². The van der Waals surface area contributed by atoms with Crippen molar-refractivity contribution in [3.05, 3.63) is 34.9 Å². The number of carbonyl (C=O) groups excluding carboxylic acids is 1. The van der Waals surface area contributed by atoms with E-state index in [0.29, 0.717) is 11.8 Å². The zero-order chi connectivity index (χ0) is 12.5. The smallest absolute Gasteiger partial charge is 0.162 e. The van der Waals surface area contributed by atoms with E-state index in [1.165, 1.54) is 30.4 Å². The number of benzene rings is 1. The molecule has 0 saturated heterocycles. The summed E-state index contributed by atoms with van der Waals surface area (Å²) in [5.41, 5.74) is 4.09. The fraction of sp³-hybridized carbons (Fsp3) is 0.562. The van der Waals surface area contributed by atoms with Gasteiger partial charge in [0.2, 0.25) is 0 Å². The molecule has 1 aliphatic rings.